The molecule has 0 radical (unpaired) electrons. The van der Waals surface area contributed by atoms with E-state index in [4.69, 9.17) is 4.74 Å². The summed E-state index contributed by atoms with van der Waals surface area (Å²) < 4.78 is 6.01. The van der Waals surface area contributed by atoms with Gasteiger partial charge in [0.2, 0.25) is 5.91 Å². The summed E-state index contributed by atoms with van der Waals surface area (Å²) in [5.74, 6) is 0.329. The highest BCUT2D eigenvalue weighted by Crippen LogP contribution is 2.28. The highest BCUT2D eigenvalue weighted by Gasteiger charge is 2.10. The molecule has 7 heteroatoms. The molecule has 2 aromatic heterocycles. The van der Waals surface area contributed by atoms with Crippen LogP contribution in [0.5, 0.6) is 0 Å². The Balaban J connectivity index is 1.91. The van der Waals surface area contributed by atoms with Gasteiger partial charge in [-0.05, 0) is 18.4 Å². The van der Waals surface area contributed by atoms with E-state index in [1.165, 1.54) is 18.1 Å². The molecule has 0 bridgehead atoms. The number of aromatic nitrogens is 2. The van der Waals surface area contributed by atoms with Crippen molar-refractivity contribution in [3.8, 4) is 0 Å². The molecule has 0 aliphatic rings. The minimum atomic E-state index is -0.0159. The summed E-state index contributed by atoms with van der Waals surface area (Å²) in [6.07, 6.45) is 1.53. The van der Waals surface area contributed by atoms with E-state index in [9.17, 15) is 4.79 Å². The average molecular weight is 297 g/mol. The molecular weight excluding hydrogens is 282 g/mol. The maximum absolute atomic E-state index is 11.7. The number of amides is 1. The lowest BCUT2D eigenvalue weighted by molar-refractivity contribution is -0.119. The molecule has 1 N–H and O–H groups in total. The molecule has 0 fully saturated rings. The van der Waals surface area contributed by atoms with E-state index in [0.29, 0.717) is 12.4 Å². The Morgan fingerprint density at radius 1 is 1.58 bits per heavy atom. The summed E-state index contributed by atoms with van der Waals surface area (Å²) in [5, 5.41) is 5.70. The summed E-state index contributed by atoms with van der Waals surface area (Å²) >= 11 is 3.02. The molecule has 0 aliphatic carbocycles. The first kappa shape index (κ1) is 14.2. The first-order valence-electron chi connectivity index (χ1n) is 5.80. The minimum absolute atomic E-state index is 0.0159. The van der Waals surface area contributed by atoms with Gasteiger partial charge in [0.25, 0.3) is 0 Å². The Morgan fingerprint density at radius 2 is 2.42 bits per heavy atom. The molecule has 1 unspecified atom stereocenters. The van der Waals surface area contributed by atoms with Crippen molar-refractivity contribution in [1.29, 1.82) is 0 Å². The number of fused-ring (bicyclic) bond motifs is 1. The SMILES string of the molecule is COCC(C)NC(=O)CSc1ncnc2ccsc12. The predicted octanol–water partition coefficient (Wildman–Crippen LogP) is 1.93. The van der Waals surface area contributed by atoms with Crippen molar-refractivity contribution in [3.05, 3.63) is 17.8 Å². The van der Waals surface area contributed by atoms with Gasteiger partial charge >= 0.3 is 0 Å². The first-order valence-corrected chi connectivity index (χ1v) is 7.66. The third-order valence-corrected chi connectivity index (χ3v) is 4.40. The van der Waals surface area contributed by atoms with Crippen LogP contribution in [0.25, 0.3) is 10.2 Å². The maximum atomic E-state index is 11.7. The number of thioether (sulfide) groups is 1. The zero-order valence-corrected chi connectivity index (χ0v) is 12.4. The fourth-order valence-corrected chi connectivity index (χ4v) is 3.37. The number of methoxy groups -OCH3 is 1. The number of ether oxygens (including phenoxy) is 1. The van der Waals surface area contributed by atoms with E-state index in [2.05, 4.69) is 15.3 Å². The number of thiophene rings is 1. The van der Waals surface area contributed by atoms with Gasteiger partial charge in [-0.25, -0.2) is 9.97 Å². The van der Waals surface area contributed by atoms with Crippen LogP contribution >= 0.6 is 23.1 Å². The second kappa shape index (κ2) is 6.83. The second-order valence-corrected chi connectivity index (χ2v) is 5.91. The monoisotopic (exact) mass is 297 g/mol. The van der Waals surface area contributed by atoms with Crippen LogP contribution in [-0.2, 0) is 9.53 Å². The molecule has 5 nitrogen and oxygen atoms in total. The summed E-state index contributed by atoms with van der Waals surface area (Å²) in [6.45, 7) is 2.42. The quantitative estimate of drug-likeness (QED) is 0.652. The zero-order valence-electron chi connectivity index (χ0n) is 10.8. The molecule has 2 aromatic rings. The summed E-state index contributed by atoms with van der Waals surface area (Å²) in [6, 6.07) is 1.97. The van der Waals surface area contributed by atoms with Gasteiger partial charge in [-0.15, -0.1) is 11.3 Å². The van der Waals surface area contributed by atoms with Crippen LogP contribution in [-0.4, -0.2) is 41.4 Å². The number of hydrogen-bond acceptors (Lipinski definition) is 6. The van der Waals surface area contributed by atoms with Crippen LogP contribution in [0.3, 0.4) is 0 Å². The van der Waals surface area contributed by atoms with Gasteiger partial charge in [0.15, 0.2) is 0 Å². The minimum Gasteiger partial charge on any atom is -0.383 e. The molecule has 1 amide bonds. The molecule has 2 heterocycles. The van der Waals surface area contributed by atoms with Crippen LogP contribution in [0.4, 0.5) is 0 Å². The second-order valence-electron chi connectivity index (χ2n) is 4.03. The van der Waals surface area contributed by atoms with Crippen molar-refractivity contribution in [1.82, 2.24) is 15.3 Å². The standard InChI is InChI=1S/C12H15N3O2S2/c1-8(5-17-2)15-10(16)6-19-12-11-9(3-4-18-11)13-7-14-12/h3-4,7-8H,5-6H2,1-2H3,(H,15,16). The molecule has 0 aliphatic heterocycles. The van der Waals surface area contributed by atoms with Gasteiger partial charge in [-0.3, -0.25) is 4.79 Å². The van der Waals surface area contributed by atoms with E-state index in [1.807, 2.05) is 18.4 Å². The Labute approximate surface area is 119 Å². The molecule has 0 spiro atoms. The van der Waals surface area contributed by atoms with Crippen molar-refractivity contribution in [2.45, 2.75) is 18.0 Å². The highest BCUT2D eigenvalue weighted by molar-refractivity contribution is 8.00. The average Bonchev–Trinajstić information content (AvgIpc) is 2.85. The van der Waals surface area contributed by atoms with Crippen molar-refractivity contribution in [3.63, 3.8) is 0 Å². The fourth-order valence-electron chi connectivity index (χ4n) is 1.61. The molecule has 19 heavy (non-hydrogen) atoms. The normalized spacial score (nSPS) is 12.5. The van der Waals surface area contributed by atoms with Crippen LogP contribution in [0.15, 0.2) is 22.8 Å². The predicted molar refractivity (Wildman–Crippen MR) is 77.6 cm³/mol. The third-order valence-electron chi connectivity index (χ3n) is 2.37. The fraction of sp³-hybridized carbons (Fsp3) is 0.417. The molecule has 1 atom stereocenters. The van der Waals surface area contributed by atoms with E-state index in [0.717, 1.165) is 15.2 Å². The number of rotatable bonds is 6. The lowest BCUT2D eigenvalue weighted by atomic mass is 10.3. The first-order chi connectivity index (χ1) is 9.20. The van der Waals surface area contributed by atoms with Crippen molar-refractivity contribution in [2.24, 2.45) is 0 Å². The van der Waals surface area contributed by atoms with Crippen molar-refractivity contribution in [2.75, 3.05) is 19.5 Å². The maximum Gasteiger partial charge on any atom is 0.230 e. The van der Waals surface area contributed by atoms with Gasteiger partial charge in [-0.1, -0.05) is 11.8 Å². The molecule has 102 valence electrons. The lowest BCUT2D eigenvalue weighted by Crippen LogP contribution is -2.36. The van der Waals surface area contributed by atoms with E-state index in [1.54, 1.807) is 18.4 Å². The Kier molecular flexibility index (Phi) is 5.12. The molecule has 0 saturated heterocycles. The number of nitrogens with zero attached hydrogens (tertiary/aromatic N) is 2. The largest absolute Gasteiger partial charge is 0.383 e. The summed E-state index contributed by atoms with van der Waals surface area (Å²) in [4.78, 5) is 20.1. The molecule has 0 saturated carbocycles. The van der Waals surface area contributed by atoms with Crippen molar-refractivity contribution < 1.29 is 9.53 Å². The smallest absolute Gasteiger partial charge is 0.230 e. The zero-order chi connectivity index (χ0) is 13.7. The number of carbonyl (C=O) groups excluding carboxylic acids is 1. The number of hydrogen-bond donors (Lipinski definition) is 1. The summed E-state index contributed by atoms with van der Waals surface area (Å²) in [7, 11) is 1.62. The lowest BCUT2D eigenvalue weighted by Gasteiger charge is -2.12. The van der Waals surface area contributed by atoms with E-state index < -0.39 is 0 Å². The van der Waals surface area contributed by atoms with E-state index >= 15 is 0 Å². The van der Waals surface area contributed by atoms with Gasteiger partial charge in [-0.2, -0.15) is 0 Å². The van der Waals surface area contributed by atoms with Crippen LogP contribution in [0.2, 0.25) is 0 Å². The Hall–Kier alpha value is -1.18. The highest BCUT2D eigenvalue weighted by atomic mass is 32.2. The van der Waals surface area contributed by atoms with Gasteiger partial charge in [0, 0.05) is 13.2 Å². The van der Waals surface area contributed by atoms with Crippen LogP contribution < -0.4 is 5.32 Å². The molecule has 0 aromatic carbocycles. The summed E-state index contributed by atoms with van der Waals surface area (Å²) in [5.41, 5.74) is 0.927. The Morgan fingerprint density at radius 3 is 3.21 bits per heavy atom. The third kappa shape index (κ3) is 3.89. The van der Waals surface area contributed by atoms with E-state index in [-0.39, 0.29) is 11.9 Å². The van der Waals surface area contributed by atoms with Crippen molar-refractivity contribution >= 4 is 39.2 Å². The van der Waals surface area contributed by atoms with Gasteiger partial charge < -0.3 is 10.1 Å². The van der Waals surface area contributed by atoms with Crippen LogP contribution in [0.1, 0.15) is 6.92 Å². The topological polar surface area (TPSA) is 64.1 Å². The van der Waals surface area contributed by atoms with Gasteiger partial charge in [0.05, 0.1) is 22.6 Å². The Bertz CT molecular complexity index is 559. The molecular formula is C12H15N3O2S2. The number of nitrogens with one attached hydrogen (secondary N) is 1. The van der Waals surface area contributed by atoms with Crippen LogP contribution in [0, 0.1) is 0 Å². The van der Waals surface area contributed by atoms with Gasteiger partial charge in [0.1, 0.15) is 11.4 Å². The number of carbonyl (C=O) groups is 1. The molecule has 2 rings (SSSR count).